The van der Waals surface area contributed by atoms with Gasteiger partial charge in [0.2, 0.25) is 11.2 Å². The molecule has 0 fully saturated rings. The lowest BCUT2D eigenvalue weighted by Crippen LogP contribution is -2.27. The van der Waals surface area contributed by atoms with Gasteiger partial charge in [-0.2, -0.15) is 0 Å². The van der Waals surface area contributed by atoms with Gasteiger partial charge in [-0.05, 0) is 55.8 Å². The number of carbonyl (C=O) groups excluding carboxylic acids is 1. The average Bonchev–Trinajstić information content (AvgIpc) is 2.63. The van der Waals surface area contributed by atoms with E-state index in [9.17, 15) is 9.59 Å². The van der Waals surface area contributed by atoms with Crippen molar-refractivity contribution < 1.29 is 18.7 Å². The van der Waals surface area contributed by atoms with Crippen LogP contribution in [-0.2, 0) is 9.53 Å². The molecule has 0 aliphatic carbocycles. The van der Waals surface area contributed by atoms with E-state index in [-0.39, 0.29) is 16.9 Å². The first-order valence-electron chi connectivity index (χ1n) is 7.98. The van der Waals surface area contributed by atoms with Crippen molar-refractivity contribution in [2.45, 2.75) is 20.0 Å². The Labute approximate surface area is 155 Å². The molecular formula is C20H17ClO5. The van der Waals surface area contributed by atoms with Gasteiger partial charge in [-0.25, -0.2) is 4.79 Å². The zero-order valence-corrected chi connectivity index (χ0v) is 15.3. The van der Waals surface area contributed by atoms with E-state index < -0.39 is 12.1 Å². The van der Waals surface area contributed by atoms with Gasteiger partial charge >= 0.3 is 5.97 Å². The molecule has 6 heteroatoms. The molecule has 0 amide bonds. The summed E-state index contributed by atoms with van der Waals surface area (Å²) in [6, 6.07) is 12.1. The van der Waals surface area contributed by atoms with Crippen LogP contribution in [0.25, 0.3) is 22.3 Å². The van der Waals surface area contributed by atoms with Crippen molar-refractivity contribution >= 4 is 28.5 Å². The molecule has 1 heterocycles. The number of aryl methyl sites for hydroxylation is 1. The van der Waals surface area contributed by atoms with E-state index in [1.165, 1.54) is 14.0 Å². The van der Waals surface area contributed by atoms with Gasteiger partial charge in [0.05, 0.1) is 12.5 Å². The second-order valence-corrected chi connectivity index (χ2v) is 6.32. The Hall–Kier alpha value is -2.79. The van der Waals surface area contributed by atoms with Gasteiger partial charge in [0, 0.05) is 10.6 Å². The van der Waals surface area contributed by atoms with Crippen LogP contribution in [0.15, 0.2) is 51.7 Å². The monoisotopic (exact) mass is 372 g/mol. The highest BCUT2D eigenvalue weighted by Gasteiger charge is 2.23. The average molecular weight is 373 g/mol. The predicted molar refractivity (Wildman–Crippen MR) is 99.8 cm³/mol. The summed E-state index contributed by atoms with van der Waals surface area (Å²) in [5.74, 6) is -0.391. The summed E-state index contributed by atoms with van der Waals surface area (Å²) in [6.45, 7) is 3.42. The van der Waals surface area contributed by atoms with E-state index in [1.807, 2.05) is 13.0 Å². The molecule has 1 atom stereocenters. The minimum absolute atomic E-state index is 0.0402. The summed E-state index contributed by atoms with van der Waals surface area (Å²) in [6.07, 6.45) is -0.961. The van der Waals surface area contributed by atoms with Crippen molar-refractivity contribution in [1.29, 1.82) is 0 Å². The van der Waals surface area contributed by atoms with Crippen LogP contribution in [0.1, 0.15) is 12.5 Å². The van der Waals surface area contributed by atoms with Gasteiger partial charge in [0.1, 0.15) is 5.58 Å². The lowest BCUT2D eigenvalue weighted by molar-refractivity contribution is -0.147. The van der Waals surface area contributed by atoms with Gasteiger partial charge in [-0.3, -0.25) is 4.79 Å². The van der Waals surface area contributed by atoms with Crippen molar-refractivity contribution in [3.8, 4) is 17.1 Å². The smallest absolute Gasteiger partial charge is 0.346 e. The van der Waals surface area contributed by atoms with Crippen molar-refractivity contribution in [3.63, 3.8) is 0 Å². The van der Waals surface area contributed by atoms with E-state index in [1.54, 1.807) is 36.4 Å². The highest BCUT2D eigenvalue weighted by atomic mass is 35.5. The first kappa shape index (κ1) is 18.0. The summed E-state index contributed by atoms with van der Waals surface area (Å²) < 4.78 is 16.3. The van der Waals surface area contributed by atoms with Crippen LogP contribution in [0.5, 0.6) is 5.75 Å². The van der Waals surface area contributed by atoms with Gasteiger partial charge in [0.25, 0.3) is 0 Å². The third-order valence-corrected chi connectivity index (χ3v) is 4.19. The number of hydrogen-bond donors (Lipinski definition) is 0. The molecule has 26 heavy (non-hydrogen) atoms. The van der Waals surface area contributed by atoms with Crippen LogP contribution in [-0.4, -0.2) is 19.2 Å². The number of halogens is 1. The quantitative estimate of drug-likeness (QED) is 0.636. The van der Waals surface area contributed by atoms with E-state index in [0.717, 1.165) is 5.56 Å². The fourth-order valence-electron chi connectivity index (χ4n) is 2.57. The molecular weight excluding hydrogens is 356 g/mol. The largest absolute Gasteiger partial charge is 0.471 e. The second kappa shape index (κ2) is 7.22. The van der Waals surface area contributed by atoms with Crippen molar-refractivity contribution in [1.82, 2.24) is 0 Å². The highest BCUT2D eigenvalue weighted by molar-refractivity contribution is 6.30. The van der Waals surface area contributed by atoms with Crippen LogP contribution in [0.2, 0.25) is 5.02 Å². The fraction of sp³-hybridized carbons (Fsp3) is 0.200. The van der Waals surface area contributed by atoms with Crippen molar-refractivity contribution in [2.75, 3.05) is 7.11 Å². The minimum Gasteiger partial charge on any atom is -0.471 e. The minimum atomic E-state index is -0.961. The maximum absolute atomic E-state index is 13.0. The van der Waals surface area contributed by atoms with Crippen LogP contribution < -0.4 is 10.2 Å². The van der Waals surface area contributed by atoms with Crippen LogP contribution in [0.4, 0.5) is 0 Å². The van der Waals surface area contributed by atoms with Crippen LogP contribution >= 0.6 is 11.6 Å². The Bertz CT molecular complexity index is 1020. The molecule has 0 spiro atoms. The predicted octanol–water partition coefficient (Wildman–Crippen LogP) is 4.36. The van der Waals surface area contributed by atoms with Gasteiger partial charge in [0.15, 0.2) is 11.9 Å². The molecule has 134 valence electrons. The molecule has 1 aromatic heterocycles. The molecule has 3 rings (SSSR count). The SMILES string of the molecule is COC(=O)[C@H](C)Oc1c(-c2ccc(Cl)cc2)oc2cc(C)ccc2c1=O. The number of rotatable bonds is 4. The molecule has 0 saturated heterocycles. The maximum atomic E-state index is 13.0. The Balaban J connectivity index is 2.25. The summed E-state index contributed by atoms with van der Waals surface area (Å²) >= 11 is 5.95. The first-order chi connectivity index (χ1) is 12.4. The number of ether oxygens (including phenoxy) is 2. The number of methoxy groups -OCH3 is 1. The van der Waals surface area contributed by atoms with Gasteiger partial charge in [-0.1, -0.05) is 17.7 Å². The lowest BCUT2D eigenvalue weighted by Gasteiger charge is -2.15. The Morgan fingerprint density at radius 3 is 2.50 bits per heavy atom. The number of fused-ring (bicyclic) bond motifs is 1. The Morgan fingerprint density at radius 2 is 1.85 bits per heavy atom. The molecule has 0 radical (unpaired) electrons. The summed E-state index contributed by atoms with van der Waals surface area (Å²) in [5.41, 5.74) is 1.66. The number of hydrogen-bond acceptors (Lipinski definition) is 5. The molecule has 0 saturated carbocycles. The maximum Gasteiger partial charge on any atom is 0.346 e. The molecule has 2 aromatic carbocycles. The van der Waals surface area contributed by atoms with Crippen LogP contribution in [0, 0.1) is 6.92 Å². The standard InChI is InChI=1S/C20H17ClO5/c1-11-4-9-15-16(10-11)26-18(13-5-7-14(21)8-6-13)19(17(15)22)25-12(2)20(23)24-3/h4-10,12H,1-3H3/t12-/m0/s1. The molecule has 0 unspecified atom stereocenters. The lowest BCUT2D eigenvalue weighted by atomic mass is 10.1. The topological polar surface area (TPSA) is 65.7 Å². The molecule has 5 nitrogen and oxygen atoms in total. The number of benzene rings is 2. The third-order valence-electron chi connectivity index (χ3n) is 3.94. The van der Waals surface area contributed by atoms with E-state index in [4.69, 9.17) is 20.8 Å². The van der Waals surface area contributed by atoms with E-state index >= 15 is 0 Å². The summed E-state index contributed by atoms with van der Waals surface area (Å²) in [5, 5.41) is 0.929. The molecule has 0 N–H and O–H groups in total. The Morgan fingerprint density at radius 1 is 1.15 bits per heavy atom. The summed E-state index contributed by atoms with van der Waals surface area (Å²) in [7, 11) is 1.26. The number of esters is 1. The van der Waals surface area contributed by atoms with Crippen molar-refractivity contribution in [3.05, 3.63) is 63.3 Å². The first-order valence-corrected chi connectivity index (χ1v) is 8.36. The molecule has 3 aromatic rings. The van der Waals surface area contributed by atoms with Gasteiger partial charge in [-0.15, -0.1) is 0 Å². The third kappa shape index (κ3) is 3.44. The molecule has 0 aliphatic heterocycles. The van der Waals surface area contributed by atoms with E-state index in [2.05, 4.69) is 4.74 Å². The Kier molecular flexibility index (Phi) is 5.00. The molecule has 0 bridgehead atoms. The van der Waals surface area contributed by atoms with Crippen molar-refractivity contribution in [2.24, 2.45) is 0 Å². The molecule has 0 aliphatic rings. The zero-order valence-electron chi connectivity index (χ0n) is 14.5. The number of carbonyl (C=O) groups is 1. The van der Waals surface area contributed by atoms with E-state index in [0.29, 0.717) is 21.6 Å². The van der Waals surface area contributed by atoms with Crippen LogP contribution in [0.3, 0.4) is 0 Å². The highest BCUT2D eigenvalue weighted by Crippen LogP contribution is 2.32. The second-order valence-electron chi connectivity index (χ2n) is 5.88. The summed E-state index contributed by atoms with van der Waals surface area (Å²) in [4.78, 5) is 24.7. The fourth-order valence-corrected chi connectivity index (χ4v) is 2.70. The van der Waals surface area contributed by atoms with Gasteiger partial charge < -0.3 is 13.9 Å². The normalized spacial score (nSPS) is 12.0. The zero-order chi connectivity index (χ0) is 18.8.